The fraction of sp³-hybridized carbons (Fsp3) is 0.333. The van der Waals surface area contributed by atoms with Crippen molar-refractivity contribution < 1.29 is 0 Å². The molecule has 0 spiro atoms. The summed E-state index contributed by atoms with van der Waals surface area (Å²) in [6.07, 6.45) is 0. The van der Waals surface area contributed by atoms with Gasteiger partial charge in [0.1, 0.15) is 0 Å². The molecule has 1 fully saturated rings. The fourth-order valence-corrected chi connectivity index (χ4v) is 2.48. The molecule has 2 nitrogen and oxygen atoms in total. The van der Waals surface area contributed by atoms with Crippen LogP contribution in [-0.4, -0.2) is 18.3 Å². The normalized spacial score (nSPS) is 17.0. The van der Waals surface area contributed by atoms with Gasteiger partial charge in [0.25, 0.3) is 0 Å². The minimum absolute atomic E-state index is 0.650. The molecule has 0 radical (unpaired) electrons. The van der Waals surface area contributed by atoms with E-state index >= 15 is 0 Å². The number of benzene rings is 1. The van der Waals surface area contributed by atoms with Gasteiger partial charge in [-0.25, -0.2) is 0 Å². The van der Waals surface area contributed by atoms with E-state index in [1.807, 2.05) is 30.0 Å². The van der Waals surface area contributed by atoms with Gasteiger partial charge in [-0.05, 0) is 18.2 Å². The number of nitrogen functional groups attached to an aromatic ring is 1. The molecule has 0 aromatic heterocycles. The van der Waals surface area contributed by atoms with Crippen LogP contribution in [-0.2, 0) is 0 Å². The summed E-state index contributed by atoms with van der Waals surface area (Å²) in [5, 5.41) is 4.57. The van der Waals surface area contributed by atoms with Gasteiger partial charge < -0.3 is 11.1 Å². The summed E-state index contributed by atoms with van der Waals surface area (Å²) < 4.78 is 0. The molecule has 4 heteroatoms. The molecule has 0 bridgehead atoms. The molecule has 70 valence electrons. The zero-order valence-corrected chi connectivity index (χ0v) is 8.66. The first-order chi connectivity index (χ1) is 6.25. The molecule has 1 aromatic carbocycles. The summed E-state index contributed by atoms with van der Waals surface area (Å²) in [6, 6.07) is 5.81. The van der Waals surface area contributed by atoms with Crippen molar-refractivity contribution in [1.82, 2.24) is 5.32 Å². The smallest absolute Gasteiger partial charge is 0.0646 e. The highest BCUT2D eigenvalue weighted by Crippen LogP contribution is 2.30. The summed E-state index contributed by atoms with van der Waals surface area (Å²) in [4.78, 5) is 1.20. The Labute approximate surface area is 86.8 Å². The average Bonchev–Trinajstić information content (AvgIpc) is 2.04. The van der Waals surface area contributed by atoms with E-state index < -0.39 is 0 Å². The topological polar surface area (TPSA) is 38.0 Å². The first-order valence-electron chi connectivity index (χ1n) is 4.18. The second-order valence-corrected chi connectivity index (χ2v) is 4.86. The first kappa shape index (κ1) is 9.19. The molecule has 1 aliphatic heterocycles. The molecule has 1 heterocycles. The van der Waals surface area contributed by atoms with Crippen molar-refractivity contribution in [1.29, 1.82) is 0 Å². The maximum atomic E-state index is 5.90. The molecular weight excluding hydrogens is 204 g/mol. The number of nitrogens with two attached hydrogens (primary N) is 1. The van der Waals surface area contributed by atoms with Crippen LogP contribution in [0.3, 0.4) is 0 Å². The van der Waals surface area contributed by atoms with Crippen molar-refractivity contribution in [3.8, 4) is 0 Å². The van der Waals surface area contributed by atoms with Crippen LogP contribution >= 0.6 is 23.4 Å². The van der Waals surface area contributed by atoms with Gasteiger partial charge in [-0.3, -0.25) is 0 Å². The lowest BCUT2D eigenvalue weighted by atomic mass is 10.3. The Balaban J connectivity index is 2.07. The molecule has 0 amide bonds. The zero-order valence-electron chi connectivity index (χ0n) is 7.09. The van der Waals surface area contributed by atoms with E-state index in [9.17, 15) is 0 Å². The van der Waals surface area contributed by atoms with Crippen LogP contribution in [0.4, 0.5) is 5.69 Å². The van der Waals surface area contributed by atoms with Crippen LogP contribution in [0.1, 0.15) is 0 Å². The van der Waals surface area contributed by atoms with Gasteiger partial charge in [0.2, 0.25) is 0 Å². The highest BCUT2D eigenvalue weighted by molar-refractivity contribution is 8.00. The molecule has 1 saturated heterocycles. The van der Waals surface area contributed by atoms with Crippen LogP contribution in [0.25, 0.3) is 0 Å². The summed E-state index contributed by atoms with van der Waals surface area (Å²) >= 11 is 7.76. The third-order valence-corrected chi connectivity index (χ3v) is 3.54. The van der Waals surface area contributed by atoms with Gasteiger partial charge in [-0.15, -0.1) is 11.8 Å². The first-order valence-corrected chi connectivity index (χ1v) is 5.44. The Morgan fingerprint density at radius 3 is 2.77 bits per heavy atom. The monoisotopic (exact) mass is 214 g/mol. The number of halogens is 1. The van der Waals surface area contributed by atoms with E-state index in [1.165, 1.54) is 4.90 Å². The van der Waals surface area contributed by atoms with Gasteiger partial charge in [-0.1, -0.05) is 11.6 Å². The fourth-order valence-electron chi connectivity index (χ4n) is 1.12. The van der Waals surface area contributed by atoms with Crippen molar-refractivity contribution in [3.63, 3.8) is 0 Å². The maximum Gasteiger partial charge on any atom is 0.0646 e. The van der Waals surface area contributed by atoms with Crippen LogP contribution in [0, 0.1) is 0 Å². The molecule has 13 heavy (non-hydrogen) atoms. The summed E-state index contributed by atoms with van der Waals surface area (Å²) in [6.45, 7) is 2.18. The Morgan fingerprint density at radius 1 is 1.46 bits per heavy atom. The minimum atomic E-state index is 0.650. The predicted octanol–water partition coefficient (Wildman–Crippen LogP) is 1.99. The Morgan fingerprint density at radius 2 is 2.23 bits per heavy atom. The van der Waals surface area contributed by atoms with Gasteiger partial charge in [-0.2, -0.15) is 0 Å². The minimum Gasteiger partial charge on any atom is -0.398 e. The lowest BCUT2D eigenvalue weighted by Crippen LogP contribution is -2.44. The Kier molecular flexibility index (Phi) is 2.67. The molecule has 2 rings (SSSR count). The summed E-state index contributed by atoms with van der Waals surface area (Å²) in [5.41, 5.74) is 6.26. The van der Waals surface area contributed by atoms with Gasteiger partial charge in [0.15, 0.2) is 0 Å². The maximum absolute atomic E-state index is 5.90. The third-order valence-electron chi connectivity index (χ3n) is 2.02. The van der Waals surface area contributed by atoms with Crippen molar-refractivity contribution in [3.05, 3.63) is 23.2 Å². The van der Waals surface area contributed by atoms with E-state index in [0.717, 1.165) is 13.1 Å². The number of nitrogens with one attached hydrogen (secondary N) is 1. The molecule has 1 aliphatic rings. The second-order valence-electron chi connectivity index (χ2n) is 3.08. The molecule has 0 saturated carbocycles. The molecule has 3 N–H and O–H groups in total. The predicted molar refractivity (Wildman–Crippen MR) is 58.4 cm³/mol. The van der Waals surface area contributed by atoms with Crippen molar-refractivity contribution in [2.75, 3.05) is 18.8 Å². The molecule has 0 unspecified atom stereocenters. The lowest BCUT2D eigenvalue weighted by molar-refractivity contribution is 0.544. The summed E-state index contributed by atoms with van der Waals surface area (Å²) in [5.74, 6) is 0. The van der Waals surface area contributed by atoms with Crippen molar-refractivity contribution in [2.45, 2.75) is 10.1 Å². The number of hydrogen-bond acceptors (Lipinski definition) is 3. The largest absolute Gasteiger partial charge is 0.398 e. The quantitative estimate of drug-likeness (QED) is 0.740. The molecule has 0 aliphatic carbocycles. The number of hydrogen-bond donors (Lipinski definition) is 2. The lowest BCUT2D eigenvalue weighted by Gasteiger charge is -2.26. The zero-order chi connectivity index (χ0) is 9.26. The molecule has 1 aromatic rings. The third kappa shape index (κ3) is 2.10. The van der Waals surface area contributed by atoms with Crippen LogP contribution in [0.5, 0.6) is 0 Å². The van der Waals surface area contributed by atoms with E-state index in [4.69, 9.17) is 17.3 Å². The average molecular weight is 215 g/mol. The molecule has 0 atom stereocenters. The van der Waals surface area contributed by atoms with E-state index in [1.54, 1.807) is 0 Å². The highest BCUT2D eigenvalue weighted by atomic mass is 35.5. The van der Waals surface area contributed by atoms with E-state index in [0.29, 0.717) is 16.0 Å². The van der Waals surface area contributed by atoms with Crippen LogP contribution in [0.15, 0.2) is 23.1 Å². The second kappa shape index (κ2) is 3.78. The van der Waals surface area contributed by atoms with Crippen molar-refractivity contribution in [2.24, 2.45) is 0 Å². The Bertz CT molecular complexity index is 312. The standard InChI is InChI=1S/C9H11ClN2S/c10-8-3-6(1-2-9(8)11)13-7-4-12-5-7/h1-3,7,12H,4-5,11H2. The van der Waals surface area contributed by atoms with Gasteiger partial charge in [0.05, 0.1) is 10.7 Å². The van der Waals surface area contributed by atoms with Crippen LogP contribution < -0.4 is 11.1 Å². The highest BCUT2D eigenvalue weighted by Gasteiger charge is 2.17. The van der Waals surface area contributed by atoms with E-state index in [2.05, 4.69) is 5.32 Å². The number of thioether (sulfide) groups is 1. The molecular formula is C9H11ClN2S. The number of rotatable bonds is 2. The SMILES string of the molecule is Nc1ccc(SC2CNC2)cc1Cl. The van der Waals surface area contributed by atoms with Gasteiger partial charge >= 0.3 is 0 Å². The number of anilines is 1. The van der Waals surface area contributed by atoms with Gasteiger partial charge in [0, 0.05) is 23.2 Å². The summed E-state index contributed by atoms with van der Waals surface area (Å²) in [7, 11) is 0. The van der Waals surface area contributed by atoms with Crippen molar-refractivity contribution >= 4 is 29.1 Å². The van der Waals surface area contributed by atoms with Crippen LogP contribution in [0.2, 0.25) is 5.02 Å². The Hall–Kier alpha value is -0.380. The van der Waals surface area contributed by atoms with E-state index in [-0.39, 0.29) is 0 Å².